The van der Waals surface area contributed by atoms with Crippen molar-refractivity contribution in [1.82, 2.24) is 0 Å². The summed E-state index contributed by atoms with van der Waals surface area (Å²) < 4.78 is 12.2. The molecule has 2 aromatic carbocycles. The summed E-state index contributed by atoms with van der Waals surface area (Å²) >= 11 is 0. The Hall–Kier alpha value is -5.19. The van der Waals surface area contributed by atoms with Crippen LogP contribution in [0.1, 0.15) is 44.3 Å². The number of carboxylic acids is 1. The van der Waals surface area contributed by atoms with Gasteiger partial charge in [0, 0.05) is 11.5 Å². The second-order valence-corrected chi connectivity index (χ2v) is 10.1. The van der Waals surface area contributed by atoms with Gasteiger partial charge in [0.2, 0.25) is 11.6 Å². The molecule has 7 rings (SSSR count). The number of aliphatic carboxylic acids is 1. The maximum absolute atomic E-state index is 13.9. The summed E-state index contributed by atoms with van der Waals surface area (Å²) in [5, 5.41) is 45.5. The molecular weight excluding hydrogens is 518 g/mol. The third-order valence-corrected chi connectivity index (χ3v) is 8.53. The number of epoxide rings is 1. The zero-order valence-corrected chi connectivity index (χ0v) is 20.9. The molecule has 10 nitrogen and oxygen atoms in total. The van der Waals surface area contributed by atoms with E-state index in [0.717, 1.165) is 12.1 Å². The molecule has 3 aliphatic carbocycles. The predicted octanol–water partition coefficient (Wildman–Crippen LogP) is 2.16. The van der Waals surface area contributed by atoms with Gasteiger partial charge in [-0.25, -0.2) is 4.79 Å². The van der Waals surface area contributed by atoms with E-state index in [2.05, 4.69) is 29.0 Å². The molecule has 0 aromatic heterocycles. The third kappa shape index (κ3) is 2.48. The zero-order valence-electron chi connectivity index (χ0n) is 20.9. The highest BCUT2D eigenvalue weighted by atomic mass is 16.6. The van der Waals surface area contributed by atoms with Crippen LogP contribution in [0.4, 0.5) is 5.69 Å². The standard InChI is InChI=1S/C30H19NO9/c1-12-19(28(37)38)27(39-2)13-7-5-3-4-6-8-18-29(12)30(13,40-29)14-11-17(34)22-23(24(14)31-18)26(36)21-16(33)10-9-15(32)20(21)25(22)35/h3-4,9-13,18,31-34H,1-2H3,(H,37,38)/b4-3-/t12-,13+,18-,29-,30+/m1/s1. The molecule has 0 spiro atoms. The number of carbonyl (C=O) groups excluding carboxylic acids is 2. The van der Waals surface area contributed by atoms with Crippen molar-refractivity contribution in [2.45, 2.75) is 24.2 Å². The molecule has 4 bridgehead atoms. The lowest BCUT2D eigenvalue weighted by atomic mass is 9.59. The number of carbonyl (C=O) groups is 3. The van der Waals surface area contributed by atoms with Crippen LogP contribution < -0.4 is 5.32 Å². The first kappa shape index (κ1) is 23.9. The van der Waals surface area contributed by atoms with Gasteiger partial charge in [-0.3, -0.25) is 9.59 Å². The normalized spacial score (nSPS) is 30.5. The number of anilines is 1. The molecule has 2 aliphatic heterocycles. The summed E-state index contributed by atoms with van der Waals surface area (Å²) in [6, 6.07) is 2.60. The summed E-state index contributed by atoms with van der Waals surface area (Å²) in [6.07, 6.45) is 3.04. The van der Waals surface area contributed by atoms with E-state index in [-0.39, 0.29) is 33.7 Å². The molecule has 0 radical (unpaired) electrons. The topological polar surface area (TPSA) is 166 Å². The Balaban J connectivity index is 1.59. The Kier molecular flexibility index (Phi) is 4.46. The molecule has 1 saturated heterocycles. The zero-order chi connectivity index (χ0) is 28.3. The molecule has 0 saturated carbocycles. The molecule has 1 fully saturated rings. The van der Waals surface area contributed by atoms with Gasteiger partial charge in [-0.15, -0.1) is 0 Å². The smallest absolute Gasteiger partial charge is 0.335 e. The summed E-state index contributed by atoms with van der Waals surface area (Å²) in [5.41, 5.74) is -3.72. The van der Waals surface area contributed by atoms with Crippen LogP contribution in [0.2, 0.25) is 0 Å². The Morgan fingerprint density at radius 1 is 0.975 bits per heavy atom. The van der Waals surface area contributed by atoms with Crippen molar-refractivity contribution < 1.29 is 44.3 Å². The van der Waals surface area contributed by atoms with E-state index in [1.165, 1.54) is 25.3 Å². The quantitative estimate of drug-likeness (QED) is 0.186. The minimum atomic E-state index is -1.41. The first-order valence-corrected chi connectivity index (χ1v) is 12.3. The largest absolute Gasteiger partial charge is 0.507 e. The average molecular weight is 537 g/mol. The number of rotatable bonds is 2. The number of phenols is 3. The van der Waals surface area contributed by atoms with Crippen LogP contribution in [0.15, 0.2) is 41.7 Å². The molecule has 10 heteroatoms. The van der Waals surface area contributed by atoms with Crippen LogP contribution in [-0.2, 0) is 19.9 Å². The number of hydrogen-bond acceptors (Lipinski definition) is 9. The lowest BCUT2D eigenvalue weighted by Crippen LogP contribution is -2.55. The Morgan fingerprint density at radius 2 is 1.57 bits per heavy atom. The molecule has 0 unspecified atom stereocenters. The summed E-state index contributed by atoms with van der Waals surface area (Å²) in [5.74, 6) is 5.71. The number of ether oxygens (including phenoxy) is 2. The summed E-state index contributed by atoms with van der Waals surface area (Å²) in [4.78, 5) is 40.0. The minimum absolute atomic E-state index is 0.0284. The fourth-order valence-electron chi connectivity index (χ4n) is 6.93. The van der Waals surface area contributed by atoms with E-state index in [1.807, 2.05) is 0 Å². The van der Waals surface area contributed by atoms with Crippen LogP contribution in [0.25, 0.3) is 0 Å². The van der Waals surface area contributed by atoms with E-state index < -0.39 is 75.0 Å². The number of allylic oxidation sites excluding steroid dienone is 2. The second-order valence-electron chi connectivity index (χ2n) is 10.1. The van der Waals surface area contributed by atoms with Crippen LogP contribution in [0.5, 0.6) is 17.2 Å². The number of hydrogen-bond donors (Lipinski definition) is 5. The SMILES string of the molecule is COC1=C(C(=O)O)[C@@H](C)[C@]23O[C@@]24c2cc(O)c5c(c2N[C@@H]3C#C/C=C\C#C[C@@H]14)C(=O)c1c(O)ccc(O)c1C5=O. The minimum Gasteiger partial charge on any atom is -0.507 e. The van der Waals surface area contributed by atoms with Crippen LogP contribution in [0.3, 0.4) is 0 Å². The lowest BCUT2D eigenvalue weighted by Gasteiger charge is -2.43. The highest BCUT2D eigenvalue weighted by Gasteiger charge is 2.85. The van der Waals surface area contributed by atoms with Crippen molar-refractivity contribution in [3.05, 3.63) is 69.5 Å². The van der Waals surface area contributed by atoms with Crippen LogP contribution in [-0.4, -0.2) is 56.7 Å². The summed E-state index contributed by atoms with van der Waals surface area (Å²) in [7, 11) is 1.34. The summed E-state index contributed by atoms with van der Waals surface area (Å²) in [6.45, 7) is 1.68. The monoisotopic (exact) mass is 537 g/mol. The maximum atomic E-state index is 13.9. The van der Waals surface area contributed by atoms with Gasteiger partial charge >= 0.3 is 5.97 Å². The number of carboxylic acid groups (broad SMARTS) is 1. The number of aromatic hydroxyl groups is 3. The van der Waals surface area contributed by atoms with Crippen molar-refractivity contribution in [3.8, 4) is 40.9 Å². The second kappa shape index (κ2) is 7.47. The number of benzene rings is 2. The van der Waals surface area contributed by atoms with Crippen molar-refractivity contribution >= 4 is 23.2 Å². The van der Waals surface area contributed by atoms with Crippen molar-refractivity contribution in [1.29, 1.82) is 0 Å². The van der Waals surface area contributed by atoms with E-state index in [1.54, 1.807) is 6.92 Å². The van der Waals surface area contributed by atoms with E-state index in [4.69, 9.17) is 9.47 Å². The van der Waals surface area contributed by atoms with Crippen molar-refractivity contribution in [3.63, 3.8) is 0 Å². The van der Waals surface area contributed by atoms with Gasteiger partial charge in [0.15, 0.2) is 0 Å². The van der Waals surface area contributed by atoms with Gasteiger partial charge in [0.05, 0.1) is 40.6 Å². The first-order chi connectivity index (χ1) is 19.1. The maximum Gasteiger partial charge on any atom is 0.335 e. The van der Waals surface area contributed by atoms with Gasteiger partial charge in [0.1, 0.15) is 46.2 Å². The third-order valence-electron chi connectivity index (χ3n) is 8.53. The molecule has 5 atom stereocenters. The van der Waals surface area contributed by atoms with Gasteiger partial charge in [-0.1, -0.05) is 30.6 Å². The number of fused-ring (bicyclic) bond motifs is 4. The predicted molar refractivity (Wildman–Crippen MR) is 137 cm³/mol. The molecule has 2 heterocycles. The molecule has 0 amide bonds. The van der Waals surface area contributed by atoms with Crippen molar-refractivity contribution in [2.75, 3.05) is 12.4 Å². The number of ketones is 2. The highest BCUT2D eigenvalue weighted by molar-refractivity contribution is 6.33. The van der Waals surface area contributed by atoms with Crippen LogP contribution in [0, 0.1) is 35.5 Å². The number of nitrogens with one attached hydrogen (secondary N) is 1. The first-order valence-electron chi connectivity index (χ1n) is 12.3. The van der Waals surface area contributed by atoms with Gasteiger partial charge in [-0.2, -0.15) is 0 Å². The van der Waals surface area contributed by atoms with Crippen molar-refractivity contribution in [2.24, 2.45) is 11.8 Å². The lowest BCUT2D eigenvalue weighted by molar-refractivity contribution is -0.134. The van der Waals surface area contributed by atoms with Crippen LogP contribution >= 0.6 is 0 Å². The van der Waals surface area contributed by atoms with Gasteiger partial charge in [0.25, 0.3) is 0 Å². The molecular formula is C30H19NO9. The fourth-order valence-corrected chi connectivity index (χ4v) is 6.93. The Bertz CT molecular complexity index is 1850. The molecule has 5 N–H and O–H groups in total. The number of methoxy groups -OCH3 is 1. The molecule has 40 heavy (non-hydrogen) atoms. The van der Waals surface area contributed by atoms with Gasteiger partial charge < -0.3 is 35.2 Å². The Morgan fingerprint density at radius 3 is 2.20 bits per heavy atom. The fraction of sp³-hybridized carbons (Fsp3) is 0.233. The van der Waals surface area contributed by atoms with E-state index in [9.17, 15) is 34.8 Å². The average Bonchev–Trinajstić information content (AvgIpc) is 3.64. The van der Waals surface area contributed by atoms with E-state index >= 15 is 0 Å². The highest BCUT2D eigenvalue weighted by Crippen LogP contribution is 2.74. The number of phenolic OH excluding ortho intramolecular Hbond substituents is 3. The molecule has 198 valence electrons. The molecule has 5 aliphatic rings. The van der Waals surface area contributed by atoms with E-state index in [0.29, 0.717) is 0 Å². The molecule has 2 aromatic rings. The van der Waals surface area contributed by atoms with Gasteiger partial charge in [-0.05, 0) is 30.4 Å². The Labute approximate surface area is 226 Å².